The second-order valence-corrected chi connectivity index (χ2v) is 7.94. The van der Waals surface area contributed by atoms with Crippen LogP contribution in [0.1, 0.15) is 12.0 Å². The van der Waals surface area contributed by atoms with Crippen molar-refractivity contribution >= 4 is 20.1 Å². The van der Waals surface area contributed by atoms with Crippen LogP contribution >= 0.6 is 0 Å². The maximum Gasteiger partial charge on any atom is 0.100 e. The van der Waals surface area contributed by atoms with Gasteiger partial charge in [0.15, 0.2) is 0 Å². The first kappa shape index (κ1) is 15.2. The molecule has 2 nitrogen and oxygen atoms in total. The highest BCUT2D eigenvalue weighted by atomic mass is 28.3. The highest BCUT2D eigenvalue weighted by Gasteiger charge is 2.13. The molecule has 0 aromatic heterocycles. The van der Waals surface area contributed by atoms with E-state index in [0.29, 0.717) is 0 Å². The second kappa shape index (κ2) is 8.24. The minimum Gasteiger partial charge on any atom is -0.388 e. The summed E-state index contributed by atoms with van der Waals surface area (Å²) in [5.41, 5.74) is 1.19. The van der Waals surface area contributed by atoms with Gasteiger partial charge in [-0.2, -0.15) is 0 Å². The van der Waals surface area contributed by atoms with Gasteiger partial charge in [-0.05, 0) is 32.6 Å². The number of hydrogen-bond donors (Lipinski definition) is 0. The molecule has 3 heteroatoms. The number of hydrogen-bond acceptors (Lipinski definition) is 2. The summed E-state index contributed by atoms with van der Waals surface area (Å²) in [5, 5.41) is 1.50. The molecule has 1 atom stereocenters. The summed E-state index contributed by atoms with van der Waals surface area (Å²) in [6, 6.07) is 10.1. The molecule has 0 heterocycles. The molecule has 18 heavy (non-hydrogen) atoms. The van der Waals surface area contributed by atoms with Crippen LogP contribution in [-0.2, 0) is 4.74 Å². The lowest BCUT2D eigenvalue weighted by molar-refractivity contribution is 0.249. The van der Waals surface area contributed by atoms with Crippen LogP contribution in [0.3, 0.4) is 0 Å². The first-order valence-corrected chi connectivity index (χ1v) is 8.74. The summed E-state index contributed by atoms with van der Waals surface area (Å²) in [6.45, 7) is 4.96. The molecular formula is C15H25NOSi. The van der Waals surface area contributed by atoms with E-state index in [4.69, 9.17) is 4.74 Å². The van der Waals surface area contributed by atoms with E-state index in [9.17, 15) is 0 Å². The molecule has 0 aliphatic carbocycles. The summed E-state index contributed by atoms with van der Waals surface area (Å²) >= 11 is 0. The lowest BCUT2D eigenvalue weighted by Crippen LogP contribution is -2.35. The predicted molar refractivity (Wildman–Crippen MR) is 83.2 cm³/mol. The zero-order valence-corrected chi connectivity index (χ0v) is 13.0. The summed E-state index contributed by atoms with van der Waals surface area (Å²) in [5.74, 6) is 0. The van der Waals surface area contributed by atoms with E-state index in [0.717, 1.165) is 12.8 Å². The van der Waals surface area contributed by atoms with Crippen molar-refractivity contribution in [3.05, 3.63) is 36.4 Å². The van der Waals surface area contributed by atoms with Gasteiger partial charge in [0, 0.05) is 13.3 Å². The van der Waals surface area contributed by atoms with Crippen molar-refractivity contribution in [2.75, 3.05) is 34.0 Å². The van der Waals surface area contributed by atoms with E-state index in [1.54, 1.807) is 0 Å². The predicted octanol–water partition coefficient (Wildman–Crippen LogP) is 1.90. The van der Waals surface area contributed by atoms with E-state index < -0.39 is 8.80 Å². The van der Waals surface area contributed by atoms with Gasteiger partial charge in [0.25, 0.3) is 0 Å². The van der Waals surface area contributed by atoms with E-state index in [2.05, 4.69) is 49.8 Å². The fraction of sp³-hybridized carbons (Fsp3) is 0.467. The summed E-state index contributed by atoms with van der Waals surface area (Å²) in [6.07, 6.45) is 4.08. The Morgan fingerprint density at radius 2 is 1.94 bits per heavy atom. The third-order valence-electron chi connectivity index (χ3n) is 3.17. The lowest BCUT2D eigenvalue weighted by atomic mass is 10.2. The van der Waals surface area contributed by atoms with E-state index in [1.807, 2.05) is 13.2 Å². The van der Waals surface area contributed by atoms with Crippen molar-refractivity contribution in [3.8, 4) is 0 Å². The van der Waals surface area contributed by atoms with Crippen LogP contribution in [-0.4, -0.2) is 47.7 Å². The molecule has 0 bridgehead atoms. The van der Waals surface area contributed by atoms with Gasteiger partial charge < -0.3 is 9.64 Å². The van der Waals surface area contributed by atoms with Crippen LogP contribution in [0, 0.1) is 0 Å². The Bertz CT molecular complexity index is 348. The smallest absolute Gasteiger partial charge is 0.100 e. The number of methoxy groups -OCH3 is 1. The molecule has 0 radical (unpaired) electrons. The fourth-order valence-corrected chi connectivity index (χ4v) is 4.61. The van der Waals surface area contributed by atoms with Gasteiger partial charge in [0.05, 0.1) is 0 Å². The van der Waals surface area contributed by atoms with Crippen molar-refractivity contribution in [2.24, 2.45) is 0 Å². The second-order valence-electron chi connectivity index (χ2n) is 4.97. The van der Waals surface area contributed by atoms with Crippen LogP contribution in [0.25, 0.3) is 6.08 Å². The van der Waals surface area contributed by atoms with Crippen molar-refractivity contribution < 1.29 is 4.74 Å². The fourth-order valence-electron chi connectivity index (χ4n) is 2.11. The molecule has 0 saturated heterocycles. The molecule has 0 N–H and O–H groups in total. The van der Waals surface area contributed by atoms with Gasteiger partial charge in [-0.3, -0.25) is 0 Å². The topological polar surface area (TPSA) is 12.5 Å². The summed E-state index contributed by atoms with van der Waals surface area (Å²) in [4.78, 5) is 2.25. The van der Waals surface area contributed by atoms with Crippen LogP contribution in [0.5, 0.6) is 0 Å². The normalized spacial score (nSPS) is 12.7. The van der Waals surface area contributed by atoms with Crippen LogP contribution in [0.15, 0.2) is 30.8 Å². The molecule has 1 rings (SSSR count). The number of ether oxygens (including phenoxy) is 1. The quantitative estimate of drug-likeness (QED) is 0.664. The van der Waals surface area contributed by atoms with Crippen LogP contribution in [0.4, 0.5) is 0 Å². The molecule has 0 saturated carbocycles. The third-order valence-corrected chi connectivity index (χ3v) is 6.34. The Balaban J connectivity index is 2.61. The zero-order chi connectivity index (χ0) is 13.4. The Morgan fingerprint density at radius 1 is 1.28 bits per heavy atom. The van der Waals surface area contributed by atoms with Gasteiger partial charge in [0.2, 0.25) is 0 Å². The molecule has 0 spiro atoms. The highest BCUT2D eigenvalue weighted by Crippen LogP contribution is 2.04. The van der Waals surface area contributed by atoms with Crippen molar-refractivity contribution in [2.45, 2.75) is 12.5 Å². The standard InChI is InChI=1S/C15H25NOSi/c1-5-14-7-9-15(10-8-14)18(13-17-4)12-6-11-16(2)3/h5,7-10,18H,1,6,11-13H2,2-4H3. The minimum absolute atomic E-state index is 0.931. The minimum atomic E-state index is -0.966. The Kier molecular flexibility index (Phi) is 6.94. The van der Waals surface area contributed by atoms with Gasteiger partial charge in [-0.15, -0.1) is 0 Å². The Labute approximate surface area is 113 Å². The molecule has 0 fully saturated rings. The maximum absolute atomic E-state index is 5.40. The van der Waals surface area contributed by atoms with Crippen molar-refractivity contribution in [1.29, 1.82) is 0 Å². The molecule has 0 amide bonds. The average Bonchev–Trinajstić information content (AvgIpc) is 2.37. The molecular weight excluding hydrogens is 238 g/mol. The molecule has 1 aromatic rings. The summed E-state index contributed by atoms with van der Waals surface area (Å²) < 4.78 is 5.40. The number of rotatable bonds is 8. The first-order chi connectivity index (χ1) is 8.67. The van der Waals surface area contributed by atoms with E-state index in [1.165, 1.54) is 23.2 Å². The van der Waals surface area contributed by atoms with Gasteiger partial charge in [0.1, 0.15) is 8.80 Å². The van der Waals surface area contributed by atoms with Gasteiger partial charge in [-0.1, -0.05) is 48.2 Å². The largest absolute Gasteiger partial charge is 0.388 e. The van der Waals surface area contributed by atoms with E-state index in [-0.39, 0.29) is 0 Å². The molecule has 1 unspecified atom stereocenters. The molecule has 100 valence electrons. The number of nitrogens with zero attached hydrogens (tertiary/aromatic N) is 1. The number of benzene rings is 1. The van der Waals surface area contributed by atoms with Crippen LogP contribution < -0.4 is 5.19 Å². The zero-order valence-electron chi connectivity index (χ0n) is 11.9. The maximum atomic E-state index is 5.40. The molecule has 0 aliphatic rings. The van der Waals surface area contributed by atoms with E-state index >= 15 is 0 Å². The van der Waals surface area contributed by atoms with Crippen molar-refractivity contribution in [3.63, 3.8) is 0 Å². The highest BCUT2D eigenvalue weighted by molar-refractivity contribution is 6.73. The first-order valence-electron chi connectivity index (χ1n) is 6.53. The van der Waals surface area contributed by atoms with Crippen LogP contribution in [0.2, 0.25) is 6.04 Å². The van der Waals surface area contributed by atoms with Gasteiger partial charge in [-0.25, -0.2) is 0 Å². The molecule has 0 aliphatic heterocycles. The Morgan fingerprint density at radius 3 is 2.44 bits per heavy atom. The van der Waals surface area contributed by atoms with Crippen molar-refractivity contribution in [1.82, 2.24) is 4.90 Å². The molecule has 1 aromatic carbocycles. The summed E-state index contributed by atoms with van der Waals surface area (Å²) in [7, 11) is 5.11. The lowest BCUT2D eigenvalue weighted by Gasteiger charge is -2.16. The SMILES string of the molecule is C=Cc1ccc([SiH](CCCN(C)C)COC)cc1. The average molecular weight is 263 g/mol. The Hall–Kier alpha value is -0.903. The third kappa shape index (κ3) is 5.17. The van der Waals surface area contributed by atoms with Gasteiger partial charge >= 0.3 is 0 Å². The monoisotopic (exact) mass is 263 g/mol.